The summed E-state index contributed by atoms with van der Waals surface area (Å²) in [5.41, 5.74) is 4.67. The Kier molecular flexibility index (Phi) is 4.99. The quantitative estimate of drug-likeness (QED) is 0.526. The van der Waals surface area contributed by atoms with Crippen molar-refractivity contribution in [1.82, 2.24) is 24.7 Å². The lowest BCUT2D eigenvalue weighted by Crippen LogP contribution is -2.19. The van der Waals surface area contributed by atoms with Crippen LogP contribution in [-0.2, 0) is 4.79 Å². The number of nitrogens with two attached hydrogens (primary N) is 1. The van der Waals surface area contributed by atoms with E-state index in [1.54, 1.807) is 4.68 Å². The van der Waals surface area contributed by atoms with Crippen LogP contribution in [0.5, 0.6) is 0 Å². The van der Waals surface area contributed by atoms with E-state index in [0.29, 0.717) is 11.1 Å². The van der Waals surface area contributed by atoms with Crippen LogP contribution in [0.15, 0.2) is 29.4 Å². The summed E-state index contributed by atoms with van der Waals surface area (Å²) >= 11 is 1.23. The minimum Gasteiger partial charge on any atom is -0.334 e. The number of carbonyl (C=O) groups excluding carboxylic acids is 1. The van der Waals surface area contributed by atoms with Crippen molar-refractivity contribution in [3.63, 3.8) is 0 Å². The molecule has 1 aromatic carbocycles. The summed E-state index contributed by atoms with van der Waals surface area (Å²) in [6, 6.07) is 7.83. The van der Waals surface area contributed by atoms with Crippen LogP contribution >= 0.6 is 11.8 Å². The molecule has 26 heavy (non-hydrogen) atoms. The van der Waals surface area contributed by atoms with E-state index < -0.39 is 0 Å². The van der Waals surface area contributed by atoms with Gasteiger partial charge in [0.15, 0.2) is 0 Å². The molecule has 8 nitrogen and oxygen atoms in total. The van der Waals surface area contributed by atoms with Gasteiger partial charge in [-0.1, -0.05) is 30.0 Å². The van der Waals surface area contributed by atoms with Crippen LogP contribution in [0.4, 0.5) is 5.69 Å². The standard InChI is InChI=1S/C17H21N7OS/c1-10-6-5-7-11(2)15(10)19-14(25)9-26-17-21-20-16(23(17)18)24-13(4)8-12(3)22-24/h5-8H,9,18H2,1-4H3,(H,19,25). The van der Waals surface area contributed by atoms with Crippen LogP contribution in [0, 0.1) is 27.7 Å². The van der Waals surface area contributed by atoms with Gasteiger partial charge < -0.3 is 11.2 Å². The molecule has 0 fully saturated rings. The third-order valence-electron chi connectivity index (χ3n) is 3.92. The highest BCUT2D eigenvalue weighted by Gasteiger charge is 2.16. The van der Waals surface area contributed by atoms with Gasteiger partial charge in [0.05, 0.1) is 11.4 Å². The number of nitrogens with one attached hydrogen (secondary N) is 1. The van der Waals surface area contributed by atoms with Gasteiger partial charge in [0.25, 0.3) is 5.95 Å². The predicted octanol–water partition coefficient (Wildman–Crippen LogP) is 2.14. The molecular weight excluding hydrogens is 350 g/mol. The molecule has 1 amide bonds. The van der Waals surface area contributed by atoms with E-state index in [-0.39, 0.29) is 11.7 Å². The average Bonchev–Trinajstić information content (AvgIpc) is 3.10. The first-order chi connectivity index (χ1) is 12.4. The molecule has 0 atom stereocenters. The molecule has 0 spiro atoms. The molecule has 136 valence electrons. The number of nitrogens with zero attached hydrogens (tertiary/aromatic N) is 5. The van der Waals surface area contributed by atoms with E-state index in [2.05, 4.69) is 20.6 Å². The minimum atomic E-state index is -0.122. The van der Waals surface area contributed by atoms with Gasteiger partial charge in [-0.05, 0) is 44.9 Å². The fourth-order valence-corrected chi connectivity index (χ4v) is 3.31. The van der Waals surface area contributed by atoms with E-state index in [1.807, 2.05) is 52.0 Å². The highest BCUT2D eigenvalue weighted by molar-refractivity contribution is 7.99. The van der Waals surface area contributed by atoms with Crippen LogP contribution in [0.1, 0.15) is 22.5 Å². The number of rotatable bonds is 5. The lowest BCUT2D eigenvalue weighted by molar-refractivity contribution is -0.113. The number of para-hydroxylation sites is 1. The van der Waals surface area contributed by atoms with Crippen LogP contribution < -0.4 is 11.2 Å². The summed E-state index contributed by atoms with van der Waals surface area (Å²) in [6.07, 6.45) is 0. The van der Waals surface area contributed by atoms with Crippen LogP contribution in [-0.4, -0.2) is 36.3 Å². The van der Waals surface area contributed by atoms with E-state index in [4.69, 9.17) is 5.84 Å². The average molecular weight is 371 g/mol. The number of amides is 1. The molecule has 2 aromatic heterocycles. The number of anilines is 1. The van der Waals surface area contributed by atoms with Crippen molar-refractivity contribution in [2.45, 2.75) is 32.9 Å². The lowest BCUT2D eigenvalue weighted by Gasteiger charge is -2.11. The third-order valence-corrected chi connectivity index (χ3v) is 4.87. The number of thioether (sulfide) groups is 1. The summed E-state index contributed by atoms with van der Waals surface area (Å²) < 4.78 is 2.97. The van der Waals surface area contributed by atoms with Crippen molar-refractivity contribution in [3.05, 3.63) is 46.8 Å². The normalized spacial score (nSPS) is 10.9. The first-order valence-corrected chi connectivity index (χ1v) is 9.08. The summed E-state index contributed by atoms with van der Waals surface area (Å²) in [7, 11) is 0. The SMILES string of the molecule is Cc1cc(C)n(-c2nnc(SCC(=O)Nc3c(C)cccc3C)n2N)n1. The van der Waals surface area contributed by atoms with Crippen LogP contribution in [0.25, 0.3) is 5.95 Å². The molecule has 0 unspecified atom stereocenters. The minimum absolute atomic E-state index is 0.122. The highest BCUT2D eigenvalue weighted by Crippen LogP contribution is 2.21. The van der Waals surface area contributed by atoms with Crippen LogP contribution in [0.2, 0.25) is 0 Å². The first-order valence-electron chi connectivity index (χ1n) is 8.10. The van der Waals surface area contributed by atoms with Crippen molar-refractivity contribution in [3.8, 4) is 5.95 Å². The monoisotopic (exact) mass is 371 g/mol. The first kappa shape index (κ1) is 18.0. The number of nitrogen functional groups attached to an aromatic ring is 1. The van der Waals surface area contributed by atoms with Crippen LogP contribution in [0.3, 0.4) is 0 Å². The Morgan fingerprint density at radius 1 is 1.19 bits per heavy atom. The van der Waals surface area contributed by atoms with Gasteiger partial charge >= 0.3 is 0 Å². The number of hydrogen-bond donors (Lipinski definition) is 2. The largest absolute Gasteiger partial charge is 0.334 e. The molecule has 3 aromatic rings. The second-order valence-electron chi connectivity index (χ2n) is 6.10. The van der Waals surface area contributed by atoms with E-state index in [9.17, 15) is 4.79 Å². The van der Waals surface area contributed by atoms with E-state index in [1.165, 1.54) is 16.4 Å². The molecule has 0 aliphatic heterocycles. The number of hydrogen-bond acceptors (Lipinski definition) is 6. The van der Waals surface area contributed by atoms with E-state index >= 15 is 0 Å². The molecule has 0 radical (unpaired) electrons. The maximum absolute atomic E-state index is 12.3. The summed E-state index contributed by atoms with van der Waals surface area (Å²) in [6.45, 7) is 7.74. The van der Waals surface area contributed by atoms with Gasteiger partial charge in [-0.2, -0.15) is 5.10 Å². The van der Waals surface area contributed by atoms with Gasteiger partial charge in [-0.25, -0.2) is 9.36 Å². The molecule has 0 saturated carbocycles. The Morgan fingerprint density at radius 2 is 1.88 bits per heavy atom. The van der Waals surface area contributed by atoms with Crippen molar-refractivity contribution in [2.24, 2.45) is 0 Å². The van der Waals surface area contributed by atoms with Crippen molar-refractivity contribution in [2.75, 3.05) is 16.9 Å². The zero-order valence-corrected chi connectivity index (χ0v) is 16.0. The zero-order chi connectivity index (χ0) is 18.8. The van der Waals surface area contributed by atoms with Gasteiger partial charge in [0.1, 0.15) is 0 Å². The Balaban J connectivity index is 1.69. The topological polar surface area (TPSA) is 104 Å². The summed E-state index contributed by atoms with van der Waals surface area (Å²) in [5, 5.41) is 15.9. The van der Waals surface area contributed by atoms with Crippen molar-refractivity contribution >= 4 is 23.4 Å². The molecule has 0 bridgehead atoms. The van der Waals surface area contributed by atoms with Gasteiger partial charge in [-0.3, -0.25) is 4.79 Å². The number of aryl methyl sites for hydroxylation is 4. The molecule has 0 aliphatic rings. The van der Waals surface area contributed by atoms with Crippen molar-refractivity contribution < 1.29 is 4.79 Å². The number of aromatic nitrogens is 5. The fourth-order valence-electron chi connectivity index (χ4n) is 2.66. The number of carbonyl (C=O) groups is 1. The molecule has 0 saturated heterocycles. The molecular formula is C17H21N7OS. The highest BCUT2D eigenvalue weighted by atomic mass is 32.2. The third kappa shape index (κ3) is 3.57. The van der Waals surface area contributed by atoms with Gasteiger partial charge in [0.2, 0.25) is 11.1 Å². The predicted molar refractivity (Wildman–Crippen MR) is 102 cm³/mol. The maximum Gasteiger partial charge on any atom is 0.271 e. The Morgan fingerprint density at radius 3 is 2.50 bits per heavy atom. The molecule has 2 heterocycles. The number of benzene rings is 1. The molecule has 3 rings (SSSR count). The van der Waals surface area contributed by atoms with Gasteiger partial charge in [-0.15, -0.1) is 10.2 Å². The lowest BCUT2D eigenvalue weighted by atomic mass is 10.1. The second-order valence-corrected chi connectivity index (χ2v) is 7.04. The summed E-state index contributed by atoms with van der Waals surface area (Å²) in [5.74, 6) is 6.55. The van der Waals surface area contributed by atoms with E-state index in [0.717, 1.165) is 28.2 Å². The maximum atomic E-state index is 12.3. The second kappa shape index (κ2) is 7.20. The van der Waals surface area contributed by atoms with Gasteiger partial charge in [0, 0.05) is 11.4 Å². The Hall–Kier alpha value is -2.81. The molecule has 9 heteroatoms. The molecule has 0 aliphatic carbocycles. The smallest absolute Gasteiger partial charge is 0.271 e. The Bertz CT molecular complexity index is 940. The Labute approximate surface area is 155 Å². The zero-order valence-electron chi connectivity index (χ0n) is 15.1. The fraction of sp³-hybridized carbons (Fsp3) is 0.294. The molecule has 3 N–H and O–H groups in total. The summed E-state index contributed by atoms with van der Waals surface area (Å²) in [4.78, 5) is 12.3. The van der Waals surface area contributed by atoms with Crippen molar-refractivity contribution in [1.29, 1.82) is 0 Å².